The van der Waals surface area contributed by atoms with Gasteiger partial charge in [-0.2, -0.15) is 0 Å². The maximum Gasteiger partial charge on any atom is 0.338 e. The summed E-state index contributed by atoms with van der Waals surface area (Å²) >= 11 is 0. The lowest BCUT2D eigenvalue weighted by Crippen LogP contribution is -2.71. The van der Waals surface area contributed by atoms with Gasteiger partial charge in [0, 0.05) is 40.2 Å². The zero-order chi connectivity index (χ0) is 32.0. The Morgan fingerprint density at radius 3 is 2.16 bits per heavy atom. The summed E-state index contributed by atoms with van der Waals surface area (Å²) in [4.78, 5) is 26.3. The normalized spacial score (nSPS) is 29.9. The van der Waals surface area contributed by atoms with Gasteiger partial charge in [-0.15, -0.1) is 0 Å². The third-order valence-corrected chi connectivity index (χ3v) is 7.96. The predicted molar refractivity (Wildman–Crippen MR) is 155 cm³/mol. The first-order chi connectivity index (χ1) is 21.0. The van der Waals surface area contributed by atoms with E-state index in [4.69, 9.17) is 42.6 Å². The molecule has 44 heavy (non-hydrogen) atoms. The Bertz CT molecular complexity index is 1300. The van der Waals surface area contributed by atoms with E-state index in [0.29, 0.717) is 22.6 Å². The molecule has 2 unspecified atom stereocenters. The van der Waals surface area contributed by atoms with Gasteiger partial charge in [0.05, 0.1) is 13.2 Å². The number of hydrogen-bond acceptors (Lipinski definition) is 12. The number of hydrogen-bond donors (Lipinski definition) is 1. The van der Waals surface area contributed by atoms with Gasteiger partial charge < -0.3 is 47.7 Å². The molecule has 2 aromatic carbocycles. The van der Waals surface area contributed by atoms with Crippen LogP contribution in [0, 0.1) is 0 Å². The standard InChI is InChI=1S/C32H40O12/c1-30(38-5)31(2,39-6)44-28-25(42-27(33)16-11-21-7-14-24(15-8-21)41-20-36-3)17-32(35,18-26(28)43-30)29(34)40-19-22-9-12-23(37-4)13-10-22/h7-16,25-26,28,35H,17-20H2,1-6H3/b16-11+/t25-,26?,28?,30+,31+,32+/m1/s1. The van der Waals surface area contributed by atoms with Crippen molar-refractivity contribution in [3.8, 4) is 11.5 Å². The summed E-state index contributed by atoms with van der Waals surface area (Å²) in [6.07, 6.45) is -0.604. The van der Waals surface area contributed by atoms with Crippen LogP contribution >= 0.6 is 0 Å². The quantitative estimate of drug-likeness (QED) is 0.213. The number of rotatable bonds is 12. The largest absolute Gasteiger partial charge is 0.497 e. The lowest BCUT2D eigenvalue weighted by Gasteiger charge is -2.56. The predicted octanol–water partition coefficient (Wildman–Crippen LogP) is 3.38. The third kappa shape index (κ3) is 7.40. The Labute approximate surface area is 256 Å². The molecule has 0 radical (unpaired) electrons. The molecular formula is C32H40O12. The first kappa shape index (κ1) is 33.4. The highest BCUT2D eigenvalue weighted by Gasteiger charge is 2.63. The van der Waals surface area contributed by atoms with E-state index in [1.807, 2.05) is 0 Å². The number of esters is 2. The first-order valence-electron chi connectivity index (χ1n) is 14.1. The van der Waals surface area contributed by atoms with Gasteiger partial charge in [-0.1, -0.05) is 24.3 Å². The zero-order valence-electron chi connectivity index (χ0n) is 25.8. The Hall–Kier alpha value is -3.52. The molecule has 0 amide bonds. The molecular weight excluding hydrogens is 576 g/mol. The second kappa shape index (κ2) is 14.1. The van der Waals surface area contributed by atoms with Crippen LogP contribution in [0.15, 0.2) is 54.6 Å². The van der Waals surface area contributed by atoms with Crippen molar-refractivity contribution in [2.45, 2.75) is 68.8 Å². The number of benzene rings is 2. The van der Waals surface area contributed by atoms with Gasteiger partial charge in [-0.3, -0.25) is 0 Å². The van der Waals surface area contributed by atoms with Crippen molar-refractivity contribution in [3.63, 3.8) is 0 Å². The van der Waals surface area contributed by atoms with Crippen molar-refractivity contribution in [2.24, 2.45) is 0 Å². The fourth-order valence-corrected chi connectivity index (χ4v) is 5.15. The average Bonchev–Trinajstić information content (AvgIpc) is 3.03. The van der Waals surface area contributed by atoms with Crippen LogP contribution in [0.1, 0.15) is 37.8 Å². The van der Waals surface area contributed by atoms with Crippen LogP contribution in [-0.2, 0) is 49.4 Å². The Kier molecular flexibility index (Phi) is 10.7. The molecule has 0 aromatic heterocycles. The highest BCUT2D eigenvalue weighted by atomic mass is 16.8. The number of aliphatic hydroxyl groups is 1. The van der Waals surface area contributed by atoms with Crippen LogP contribution < -0.4 is 9.47 Å². The van der Waals surface area contributed by atoms with Gasteiger partial charge >= 0.3 is 11.9 Å². The van der Waals surface area contributed by atoms with E-state index in [-0.39, 0.29) is 26.2 Å². The summed E-state index contributed by atoms with van der Waals surface area (Å²) in [6.45, 7) is 3.29. The molecule has 12 nitrogen and oxygen atoms in total. The Morgan fingerprint density at radius 1 is 0.909 bits per heavy atom. The third-order valence-electron chi connectivity index (χ3n) is 7.96. The smallest absolute Gasteiger partial charge is 0.338 e. The van der Waals surface area contributed by atoms with Gasteiger partial charge in [0.15, 0.2) is 12.4 Å². The van der Waals surface area contributed by atoms with Crippen LogP contribution in [0.5, 0.6) is 11.5 Å². The Balaban J connectivity index is 1.52. The maximum absolute atomic E-state index is 13.3. The number of fused-ring (bicyclic) bond motifs is 1. The molecule has 1 saturated heterocycles. The zero-order valence-corrected chi connectivity index (χ0v) is 25.8. The van der Waals surface area contributed by atoms with E-state index in [0.717, 1.165) is 0 Å². The van der Waals surface area contributed by atoms with Gasteiger partial charge in [-0.05, 0) is 55.3 Å². The fourth-order valence-electron chi connectivity index (χ4n) is 5.15. The van der Waals surface area contributed by atoms with Crippen LogP contribution in [0.4, 0.5) is 0 Å². The highest BCUT2D eigenvalue weighted by molar-refractivity contribution is 5.87. The summed E-state index contributed by atoms with van der Waals surface area (Å²) < 4.78 is 50.5. The number of methoxy groups -OCH3 is 4. The molecule has 1 heterocycles. The molecule has 2 aliphatic rings. The van der Waals surface area contributed by atoms with E-state index >= 15 is 0 Å². The van der Waals surface area contributed by atoms with Crippen molar-refractivity contribution < 1.29 is 57.3 Å². The minimum Gasteiger partial charge on any atom is -0.497 e. The van der Waals surface area contributed by atoms with Gasteiger partial charge in [-0.25, -0.2) is 9.59 Å². The van der Waals surface area contributed by atoms with E-state index in [1.54, 1.807) is 75.6 Å². The highest BCUT2D eigenvalue weighted by Crippen LogP contribution is 2.46. The minimum absolute atomic E-state index is 0.0867. The van der Waals surface area contributed by atoms with Crippen molar-refractivity contribution in [1.29, 1.82) is 0 Å². The van der Waals surface area contributed by atoms with Crippen LogP contribution in [0.2, 0.25) is 0 Å². The molecule has 2 fully saturated rings. The molecule has 12 heteroatoms. The van der Waals surface area contributed by atoms with Crippen LogP contribution in [0.25, 0.3) is 6.08 Å². The van der Waals surface area contributed by atoms with Gasteiger partial charge in [0.1, 0.15) is 30.3 Å². The molecule has 6 atom stereocenters. The molecule has 1 aliphatic carbocycles. The van der Waals surface area contributed by atoms with Crippen LogP contribution in [0.3, 0.4) is 0 Å². The molecule has 1 aliphatic heterocycles. The second-order valence-electron chi connectivity index (χ2n) is 10.8. The molecule has 4 rings (SSSR count). The SMILES string of the molecule is COCOc1ccc(/C=C/C(=O)O[C@@H]2C[C@@](O)(C(=O)OCc3ccc(OC)cc3)CC3O[C@](C)(OC)[C@@](C)(OC)OC32)cc1. The fraction of sp³-hybridized carbons (Fsp3) is 0.500. The van der Waals surface area contributed by atoms with E-state index in [1.165, 1.54) is 27.4 Å². The minimum atomic E-state index is -2.06. The van der Waals surface area contributed by atoms with Gasteiger partial charge in [0.2, 0.25) is 11.6 Å². The summed E-state index contributed by atoms with van der Waals surface area (Å²) in [6, 6.07) is 14.0. The summed E-state index contributed by atoms with van der Waals surface area (Å²) in [5.41, 5.74) is -0.645. The Morgan fingerprint density at radius 2 is 1.55 bits per heavy atom. The summed E-state index contributed by atoms with van der Waals surface area (Å²) in [5, 5.41) is 11.6. The molecule has 1 N–H and O–H groups in total. The maximum atomic E-state index is 13.3. The summed E-state index contributed by atoms with van der Waals surface area (Å²) in [7, 11) is 5.95. The topological polar surface area (TPSA) is 137 Å². The van der Waals surface area contributed by atoms with E-state index < -0.39 is 47.4 Å². The van der Waals surface area contributed by atoms with Crippen molar-refractivity contribution in [1.82, 2.24) is 0 Å². The van der Waals surface area contributed by atoms with Crippen molar-refractivity contribution in [3.05, 3.63) is 65.7 Å². The molecule has 2 aromatic rings. The monoisotopic (exact) mass is 616 g/mol. The van der Waals surface area contributed by atoms with Crippen molar-refractivity contribution >= 4 is 18.0 Å². The van der Waals surface area contributed by atoms with E-state index in [9.17, 15) is 14.7 Å². The number of carbonyl (C=O) groups is 2. The second-order valence-corrected chi connectivity index (χ2v) is 10.8. The average molecular weight is 617 g/mol. The first-order valence-corrected chi connectivity index (χ1v) is 14.1. The van der Waals surface area contributed by atoms with E-state index in [2.05, 4.69) is 0 Å². The molecule has 1 saturated carbocycles. The van der Waals surface area contributed by atoms with Crippen molar-refractivity contribution in [2.75, 3.05) is 35.2 Å². The van der Waals surface area contributed by atoms with Gasteiger partial charge in [0.25, 0.3) is 0 Å². The molecule has 240 valence electrons. The summed E-state index contributed by atoms with van der Waals surface area (Å²) in [5.74, 6) is -3.16. The number of carbonyl (C=O) groups excluding carboxylic acids is 2. The molecule has 0 spiro atoms. The lowest BCUT2D eigenvalue weighted by molar-refractivity contribution is -0.460. The number of ether oxygens (including phenoxy) is 9. The lowest BCUT2D eigenvalue weighted by atomic mass is 9.78. The molecule has 0 bridgehead atoms. The van der Waals surface area contributed by atoms with Crippen LogP contribution in [-0.4, -0.2) is 87.8 Å².